The normalized spacial score (nSPS) is 22.6. The average Bonchev–Trinajstić information content (AvgIpc) is 2.29. The van der Waals surface area contributed by atoms with E-state index in [1.807, 2.05) is 26.0 Å². The molecule has 0 radical (unpaired) electrons. The standard InChI is InChI=1S/C12H14BrNO2S/c1-12(2)10(17-14-11(15-3)16-12)8-4-6-9(13)7-5-8/h4-7,10H,1-3H3. The van der Waals surface area contributed by atoms with Crippen molar-refractivity contribution >= 4 is 34.0 Å². The van der Waals surface area contributed by atoms with Gasteiger partial charge in [0.1, 0.15) is 5.60 Å². The number of hydrogen-bond donors (Lipinski definition) is 0. The Balaban J connectivity index is 2.27. The minimum absolute atomic E-state index is 0.162. The van der Waals surface area contributed by atoms with E-state index in [9.17, 15) is 0 Å². The molecule has 0 amide bonds. The maximum Gasteiger partial charge on any atom is 0.395 e. The van der Waals surface area contributed by atoms with Crippen LogP contribution in [-0.2, 0) is 9.47 Å². The molecule has 0 fully saturated rings. The lowest BCUT2D eigenvalue weighted by atomic mass is 9.97. The van der Waals surface area contributed by atoms with Gasteiger partial charge in [0.05, 0.1) is 12.4 Å². The van der Waals surface area contributed by atoms with E-state index in [-0.39, 0.29) is 10.9 Å². The predicted octanol–water partition coefficient (Wildman–Crippen LogP) is 3.95. The lowest BCUT2D eigenvalue weighted by Gasteiger charge is -2.36. The van der Waals surface area contributed by atoms with Gasteiger partial charge in [-0.3, -0.25) is 0 Å². The molecule has 1 atom stereocenters. The van der Waals surface area contributed by atoms with Gasteiger partial charge in [0, 0.05) is 4.47 Å². The van der Waals surface area contributed by atoms with Crippen molar-refractivity contribution in [2.24, 2.45) is 4.40 Å². The summed E-state index contributed by atoms with van der Waals surface area (Å²) in [6.45, 7) is 4.08. The molecule has 0 N–H and O–H groups in total. The van der Waals surface area contributed by atoms with Gasteiger partial charge in [-0.05, 0) is 43.5 Å². The summed E-state index contributed by atoms with van der Waals surface area (Å²) in [4.78, 5) is 0. The maximum atomic E-state index is 5.72. The molecule has 1 heterocycles. The lowest BCUT2D eigenvalue weighted by molar-refractivity contribution is 0.0478. The van der Waals surface area contributed by atoms with Crippen molar-refractivity contribution in [1.29, 1.82) is 0 Å². The fourth-order valence-electron chi connectivity index (χ4n) is 1.70. The molecule has 1 aromatic rings. The number of halogens is 1. The van der Waals surface area contributed by atoms with Gasteiger partial charge in [-0.2, -0.15) is 0 Å². The zero-order chi connectivity index (χ0) is 12.5. The number of rotatable bonds is 1. The van der Waals surface area contributed by atoms with Gasteiger partial charge < -0.3 is 9.47 Å². The Morgan fingerprint density at radius 1 is 1.35 bits per heavy atom. The van der Waals surface area contributed by atoms with Gasteiger partial charge in [0.25, 0.3) is 0 Å². The molecule has 0 aromatic heterocycles. The SMILES string of the molecule is COC1=NSC(c2ccc(Br)cc2)C(C)(C)O1. The van der Waals surface area contributed by atoms with Gasteiger partial charge in [-0.1, -0.05) is 28.1 Å². The van der Waals surface area contributed by atoms with Crippen molar-refractivity contribution < 1.29 is 9.47 Å². The summed E-state index contributed by atoms with van der Waals surface area (Å²) in [5.41, 5.74) is 0.855. The highest BCUT2D eigenvalue weighted by molar-refractivity contribution is 9.10. The lowest BCUT2D eigenvalue weighted by Crippen LogP contribution is -2.36. The molecule has 92 valence electrons. The monoisotopic (exact) mass is 315 g/mol. The first-order chi connectivity index (χ1) is 8.03. The first kappa shape index (κ1) is 12.8. The van der Waals surface area contributed by atoms with E-state index in [1.54, 1.807) is 7.11 Å². The van der Waals surface area contributed by atoms with Crippen LogP contribution in [0.3, 0.4) is 0 Å². The predicted molar refractivity (Wildman–Crippen MR) is 74.1 cm³/mol. The van der Waals surface area contributed by atoms with Crippen LogP contribution in [0.25, 0.3) is 0 Å². The van der Waals surface area contributed by atoms with Crippen LogP contribution >= 0.6 is 27.9 Å². The smallest absolute Gasteiger partial charge is 0.395 e. The van der Waals surface area contributed by atoms with Crippen LogP contribution in [0.2, 0.25) is 0 Å². The second-order valence-electron chi connectivity index (χ2n) is 4.30. The summed E-state index contributed by atoms with van der Waals surface area (Å²) >= 11 is 4.92. The number of ether oxygens (including phenoxy) is 2. The molecule has 0 aliphatic carbocycles. The van der Waals surface area contributed by atoms with Crippen LogP contribution in [0.1, 0.15) is 24.7 Å². The summed E-state index contributed by atoms with van der Waals surface area (Å²) < 4.78 is 16.0. The Bertz CT molecular complexity index is 431. The zero-order valence-corrected chi connectivity index (χ0v) is 12.3. The highest BCUT2D eigenvalue weighted by Gasteiger charge is 2.38. The van der Waals surface area contributed by atoms with E-state index in [0.29, 0.717) is 6.08 Å². The number of benzene rings is 1. The van der Waals surface area contributed by atoms with Crippen molar-refractivity contribution in [3.63, 3.8) is 0 Å². The van der Waals surface area contributed by atoms with E-state index < -0.39 is 0 Å². The highest BCUT2D eigenvalue weighted by atomic mass is 79.9. The summed E-state index contributed by atoms with van der Waals surface area (Å²) in [6, 6.07) is 8.23. The molecule has 0 spiro atoms. The first-order valence-corrected chi connectivity index (χ1v) is 6.88. The number of hydrogen-bond acceptors (Lipinski definition) is 4. The summed E-state index contributed by atoms with van der Waals surface area (Å²) in [6.07, 6.45) is 0.341. The number of nitrogens with zero attached hydrogens (tertiary/aromatic N) is 1. The van der Waals surface area contributed by atoms with E-state index in [2.05, 4.69) is 32.5 Å². The minimum atomic E-state index is -0.342. The molecular formula is C12H14BrNO2S. The molecule has 0 bridgehead atoms. The highest BCUT2D eigenvalue weighted by Crippen LogP contribution is 2.44. The molecule has 1 aromatic carbocycles. The molecular weight excluding hydrogens is 302 g/mol. The minimum Gasteiger partial charge on any atom is -0.453 e. The molecule has 1 aliphatic heterocycles. The van der Waals surface area contributed by atoms with Gasteiger partial charge >= 0.3 is 6.08 Å². The molecule has 1 aliphatic rings. The van der Waals surface area contributed by atoms with Gasteiger partial charge in [-0.15, -0.1) is 4.40 Å². The largest absolute Gasteiger partial charge is 0.453 e. The Morgan fingerprint density at radius 2 is 2.00 bits per heavy atom. The van der Waals surface area contributed by atoms with Crippen LogP contribution in [0.5, 0.6) is 0 Å². The molecule has 0 saturated heterocycles. The zero-order valence-electron chi connectivity index (χ0n) is 9.94. The summed E-state index contributed by atoms with van der Waals surface area (Å²) in [7, 11) is 1.56. The second-order valence-corrected chi connectivity index (χ2v) is 6.08. The Kier molecular flexibility index (Phi) is 3.68. The van der Waals surface area contributed by atoms with Gasteiger partial charge in [0.15, 0.2) is 0 Å². The fourth-order valence-corrected chi connectivity index (χ4v) is 2.85. The van der Waals surface area contributed by atoms with Crippen molar-refractivity contribution in [1.82, 2.24) is 0 Å². The third-order valence-corrected chi connectivity index (χ3v) is 4.40. The van der Waals surface area contributed by atoms with Crippen LogP contribution in [-0.4, -0.2) is 18.8 Å². The Morgan fingerprint density at radius 3 is 2.53 bits per heavy atom. The molecule has 2 rings (SSSR count). The summed E-state index contributed by atoms with van der Waals surface area (Å²) in [5.74, 6) is 0. The van der Waals surface area contributed by atoms with E-state index in [1.165, 1.54) is 17.5 Å². The first-order valence-electron chi connectivity index (χ1n) is 5.25. The van der Waals surface area contributed by atoms with Crippen LogP contribution in [0.15, 0.2) is 33.1 Å². The topological polar surface area (TPSA) is 30.8 Å². The van der Waals surface area contributed by atoms with Crippen LogP contribution in [0, 0.1) is 0 Å². The second kappa shape index (κ2) is 4.90. The third kappa shape index (κ3) is 2.77. The molecule has 0 saturated carbocycles. The van der Waals surface area contributed by atoms with Crippen molar-refractivity contribution in [3.05, 3.63) is 34.3 Å². The molecule has 3 nitrogen and oxygen atoms in total. The Hall–Kier alpha value is -0.680. The molecule has 17 heavy (non-hydrogen) atoms. The van der Waals surface area contributed by atoms with E-state index in [4.69, 9.17) is 9.47 Å². The van der Waals surface area contributed by atoms with Crippen molar-refractivity contribution in [3.8, 4) is 0 Å². The fraction of sp³-hybridized carbons (Fsp3) is 0.417. The third-order valence-electron chi connectivity index (χ3n) is 2.56. The van der Waals surface area contributed by atoms with Crippen molar-refractivity contribution in [2.75, 3.05) is 7.11 Å². The van der Waals surface area contributed by atoms with Gasteiger partial charge in [0.2, 0.25) is 0 Å². The number of methoxy groups -OCH3 is 1. The van der Waals surface area contributed by atoms with Crippen LogP contribution < -0.4 is 0 Å². The van der Waals surface area contributed by atoms with Crippen molar-refractivity contribution in [2.45, 2.75) is 24.7 Å². The van der Waals surface area contributed by atoms with E-state index in [0.717, 1.165) is 4.47 Å². The Labute approximate surface area is 114 Å². The average molecular weight is 316 g/mol. The van der Waals surface area contributed by atoms with Crippen LogP contribution in [0.4, 0.5) is 0 Å². The molecule has 1 unspecified atom stereocenters. The summed E-state index contributed by atoms with van der Waals surface area (Å²) in [5, 5.41) is 0.162. The van der Waals surface area contributed by atoms with E-state index >= 15 is 0 Å². The molecule has 5 heteroatoms. The van der Waals surface area contributed by atoms with Gasteiger partial charge in [-0.25, -0.2) is 0 Å². The quantitative estimate of drug-likeness (QED) is 0.735. The maximum absolute atomic E-state index is 5.72.